The number of hydrogen-bond donors (Lipinski definition) is 1. The number of carbonyl (C=O) groups is 1. The van der Waals surface area contributed by atoms with Gasteiger partial charge in [0.15, 0.2) is 0 Å². The molecule has 0 aromatic heterocycles. The summed E-state index contributed by atoms with van der Waals surface area (Å²) in [6, 6.07) is 22.0. The van der Waals surface area contributed by atoms with Crippen LogP contribution >= 0.6 is 0 Å². The fraction of sp³-hybridized carbons (Fsp3) is 0.606. The Morgan fingerprint density at radius 1 is 0.897 bits per heavy atom. The van der Waals surface area contributed by atoms with Crippen LogP contribution in [0.2, 0.25) is 5.04 Å². The minimum atomic E-state index is -2.79. The van der Waals surface area contributed by atoms with Crippen molar-refractivity contribution in [3.05, 3.63) is 60.7 Å². The van der Waals surface area contributed by atoms with Gasteiger partial charge in [-0.15, -0.1) is 0 Å². The van der Waals surface area contributed by atoms with Crippen LogP contribution in [0, 0.1) is 11.3 Å². The molecule has 2 aromatic rings. The first-order chi connectivity index (χ1) is 18.5. The van der Waals surface area contributed by atoms with Crippen LogP contribution in [0.3, 0.4) is 0 Å². The van der Waals surface area contributed by atoms with Gasteiger partial charge in [0.1, 0.15) is 5.60 Å². The van der Waals surface area contributed by atoms with Gasteiger partial charge in [-0.1, -0.05) is 87.9 Å². The molecule has 4 unspecified atom stereocenters. The molecule has 6 heteroatoms. The first-order valence-electron chi connectivity index (χ1n) is 15.0. The zero-order chi connectivity index (χ0) is 27.6. The maximum atomic E-state index is 13.8. The van der Waals surface area contributed by atoms with Crippen LogP contribution in [0.15, 0.2) is 60.7 Å². The smallest absolute Gasteiger partial charge is 0.410 e. The lowest BCUT2D eigenvalue weighted by molar-refractivity contribution is -0.0575. The van der Waals surface area contributed by atoms with Gasteiger partial charge in [0.25, 0.3) is 8.32 Å². The van der Waals surface area contributed by atoms with Crippen LogP contribution < -0.4 is 15.7 Å². The summed E-state index contributed by atoms with van der Waals surface area (Å²) < 4.78 is 13.8. The van der Waals surface area contributed by atoms with Crippen molar-refractivity contribution in [3.63, 3.8) is 0 Å². The molecule has 3 heterocycles. The standard InChI is InChI=1S/C33H46N2O3Si/c1-31(2,3)37-30(36)35-26-20-33(23-14-13-15-23)21-27(35)29(28(26)34-22-33)38-39(32(4,5)6,24-16-9-7-10-17-24)25-18-11-8-12-19-25/h7-12,16-19,23,26-29,34H,13-15,20-22H2,1-6H3/t26?,27?,28?,29-,33?/m0/s1. The summed E-state index contributed by atoms with van der Waals surface area (Å²) in [5, 5.41) is 6.44. The highest BCUT2D eigenvalue weighted by atomic mass is 28.4. The van der Waals surface area contributed by atoms with Crippen molar-refractivity contribution in [1.82, 2.24) is 10.2 Å². The summed E-state index contributed by atoms with van der Waals surface area (Å²) in [6.07, 6.45) is 5.77. The highest BCUT2D eigenvalue weighted by molar-refractivity contribution is 6.99. The van der Waals surface area contributed by atoms with Gasteiger partial charge in [0.05, 0.1) is 24.2 Å². The summed E-state index contributed by atoms with van der Waals surface area (Å²) in [4.78, 5) is 15.9. The van der Waals surface area contributed by atoms with Gasteiger partial charge in [-0.2, -0.15) is 0 Å². The van der Waals surface area contributed by atoms with Gasteiger partial charge in [0.2, 0.25) is 0 Å². The van der Waals surface area contributed by atoms with E-state index in [1.54, 1.807) is 0 Å². The highest BCUT2D eigenvalue weighted by Crippen LogP contribution is 2.58. The highest BCUT2D eigenvalue weighted by Gasteiger charge is 2.67. The van der Waals surface area contributed by atoms with E-state index in [0.717, 1.165) is 25.3 Å². The Hall–Kier alpha value is -2.15. The Balaban J connectivity index is 1.46. The summed E-state index contributed by atoms with van der Waals surface area (Å²) in [7, 11) is -2.79. The lowest BCUT2D eigenvalue weighted by Gasteiger charge is -2.55. The largest absolute Gasteiger partial charge is 0.444 e. The minimum absolute atomic E-state index is 0.0147. The summed E-state index contributed by atoms with van der Waals surface area (Å²) >= 11 is 0. The third kappa shape index (κ3) is 4.38. The van der Waals surface area contributed by atoms with Gasteiger partial charge in [-0.3, -0.25) is 4.90 Å². The molecular weight excluding hydrogens is 500 g/mol. The number of amides is 1. The Labute approximate surface area is 235 Å². The van der Waals surface area contributed by atoms with Crippen molar-refractivity contribution in [2.45, 2.75) is 109 Å². The quantitative estimate of drug-likeness (QED) is 0.505. The van der Waals surface area contributed by atoms with Gasteiger partial charge < -0.3 is 14.5 Å². The lowest BCUT2D eigenvalue weighted by Crippen LogP contribution is -2.69. The summed E-state index contributed by atoms with van der Waals surface area (Å²) in [6.45, 7) is 14.0. The van der Waals surface area contributed by atoms with Crippen LogP contribution in [0.4, 0.5) is 4.79 Å². The number of rotatable bonds is 5. The molecule has 1 amide bonds. The van der Waals surface area contributed by atoms with Crippen molar-refractivity contribution in [1.29, 1.82) is 0 Å². The van der Waals surface area contributed by atoms with Gasteiger partial charge in [-0.05, 0) is 73.2 Å². The Morgan fingerprint density at radius 2 is 1.46 bits per heavy atom. The molecule has 5 atom stereocenters. The predicted molar refractivity (Wildman–Crippen MR) is 159 cm³/mol. The van der Waals surface area contributed by atoms with Crippen LogP contribution in [0.5, 0.6) is 0 Å². The predicted octanol–water partition coefficient (Wildman–Crippen LogP) is 5.47. The molecule has 1 N–H and O–H groups in total. The van der Waals surface area contributed by atoms with Crippen LogP contribution in [-0.2, 0) is 9.16 Å². The normalized spacial score (nSPS) is 30.8. The molecule has 5 nitrogen and oxygen atoms in total. The second-order valence-corrected chi connectivity index (χ2v) is 18.8. The molecule has 6 rings (SSSR count). The number of piperidine rings is 2. The molecule has 39 heavy (non-hydrogen) atoms. The maximum absolute atomic E-state index is 13.8. The molecule has 4 aliphatic rings. The molecule has 4 fully saturated rings. The van der Waals surface area contributed by atoms with Crippen LogP contribution in [0.1, 0.15) is 73.6 Å². The third-order valence-corrected chi connectivity index (χ3v) is 15.1. The van der Waals surface area contributed by atoms with Crippen molar-refractivity contribution in [2.24, 2.45) is 11.3 Å². The fourth-order valence-electron chi connectivity index (χ4n) is 8.24. The Morgan fingerprint density at radius 3 is 1.95 bits per heavy atom. The van der Waals surface area contributed by atoms with Crippen molar-refractivity contribution < 1.29 is 14.0 Å². The monoisotopic (exact) mass is 546 g/mol. The molecule has 210 valence electrons. The van der Waals surface area contributed by atoms with Crippen molar-refractivity contribution in [2.75, 3.05) is 6.54 Å². The molecule has 2 aromatic carbocycles. The van der Waals surface area contributed by atoms with Gasteiger partial charge in [0, 0.05) is 6.54 Å². The van der Waals surface area contributed by atoms with E-state index in [1.165, 1.54) is 29.6 Å². The number of hydrogen-bond acceptors (Lipinski definition) is 4. The van der Waals surface area contributed by atoms with Gasteiger partial charge >= 0.3 is 6.09 Å². The summed E-state index contributed by atoms with van der Waals surface area (Å²) in [5.74, 6) is 0.753. The number of nitrogens with one attached hydrogen (secondary N) is 1. The number of nitrogens with zero attached hydrogens (tertiary/aromatic N) is 1. The molecule has 3 saturated heterocycles. The first-order valence-corrected chi connectivity index (χ1v) is 16.9. The minimum Gasteiger partial charge on any atom is -0.444 e. The topological polar surface area (TPSA) is 50.8 Å². The second kappa shape index (κ2) is 9.46. The number of ether oxygens (including phenoxy) is 1. The average molecular weight is 547 g/mol. The van der Waals surface area contributed by atoms with Gasteiger partial charge in [-0.25, -0.2) is 4.79 Å². The van der Waals surface area contributed by atoms with Crippen molar-refractivity contribution in [3.8, 4) is 0 Å². The molecule has 1 saturated carbocycles. The first kappa shape index (κ1) is 27.0. The van der Waals surface area contributed by atoms with Crippen molar-refractivity contribution >= 4 is 24.8 Å². The average Bonchev–Trinajstić information content (AvgIpc) is 2.94. The molecule has 0 spiro atoms. The number of benzene rings is 2. The SMILES string of the molecule is CC(C)(C)OC(=O)N1C2CC3(C4CCC4)CNC2[C@@H](O[Si](c2ccccc2)(c2ccccc2)C(C)(C)C)C1C3. The van der Waals surface area contributed by atoms with E-state index in [0.29, 0.717) is 0 Å². The van der Waals surface area contributed by atoms with E-state index in [4.69, 9.17) is 9.16 Å². The second-order valence-electron chi connectivity index (χ2n) is 14.6. The fourth-order valence-corrected chi connectivity index (χ4v) is 13.0. The van der Waals surface area contributed by atoms with Crippen LogP contribution in [0.25, 0.3) is 0 Å². The zero-order valence-electron chi connectivity index (χ0n) is 24.6. The van der Waals surface area contributed by atoms with E-state index in [9.17, 15) is 4.79 Å². The number of fused-ring (bicyclic) bond motifs is 2. The molecule has 1 aliphatic carbocycles. The third-order valence-electron chi connectivity index (χ3n) is 10.1. The van der Waals surface area contributed by atoms with E-state index in [-0.39, 0.29) is 40.8 Å². The van der Waals surface area contributed by atoms with E-state index in [1.807, 2.05) is 20.8 Å². The van der Waals surface area contributed by atoms with E-state index < -0.39 is 13.9 Å². The Kier molecular flexibility index (Phi) is 6.56. The molecule has 3 aliphatic heterocycles. The maximum Gasteiger partial charge on any atom is 0.410 e. The molecular formula is C33H46N2O3Si. The lowest BCUT2D eigenvalue weighted by atomic mass is 9.58. The molecule has 0 radical (unpaired) electrons. The Bertz CT molecular complexity index is 1150. The molecule has 3 bridgehead atoms. The zero-order valence-corrected chi connectivity index (χ0v) is 25.6. The van der Waals surface area contributed by atoms with E-state index >= 15 is 0 Å². The van der Waals surface area contributed by atoms with Crippen LogP contribution in [-0.4, -0.2) is 55.7 Å². The van der Waals surface area contributed by atoms with E-state index in [2.05, 4.69) is 91.7 Å². The summed E-state index contributed by atoms with van der Waals surface area (Å²) in [5.41, 5.74) is -0.271. The number of carbonyl (C=O) groups excluding carboxylic acids is 1.